The summed E-state index contributed by atoms with van der Waals surface area (Å²) in [5.74, 6) is 1.48. The zero-order valence-electron chi connectivity index (χ0n) is 47.2. The lowest BCUT2D eigenvalue weighted by Crippen LogP contribution is -2.18. The Labute approximate surface area is 494 Å². The second-order valence-electron chi connectivity index (χ2n) is 24.3. The highest BCUT2D eigenvalue weighted by Crippen LogP contribution is 2.59. The van der Waals surface area contributed by atoms with Gasteiger partial charge in [0, 0.05) is 78.4 Å². The molecule has 0 saturated carbocycles. The normalized spacial score (nSPS) is 17.6. The van der Waals surface area contributed by atoms with Crippen molar-refractivity contribution in [1.29, 1.82) is 0 Å². The van der Waals surface area contributed by atoms with Gasteiger partial charge in [0.1, 0.15) is 11.9 Å². The lowest BCUT2D eigenvalue weighted by molar-refractivity contribution is 0.265. The molecule has 0 N–H and O–H groups in total. The van der Waals surface area contributed by atoms with Crippen molar-refractivity contribution in [2.45, 2.75) is 43.6 Å². The first-order valence-corrected chi connectivity index (χ1v) is 30.0. The van der Waals surface area contributed by atoms with Crippen LogP contribution in [0, 0.1) is 0 Å². The Morgan fingerprint density at radius 1 is 0.412 bits per heavy atom. The zero-order chi connectivity index (χ0) is 56.1. The number of fused-ring (bicyclic) bond motifs is 16. The fraction of sp³-hybridized carbons (Fsp3) is 0.0864. The van der Waals surface area contributed by atoms with Gasteiger partial charge < -0.3 is 18.8 Å². The Hall–Kier alpha value is -10.4. The molecular weight excluding hydrogens is 1030 g/mol. The second kappa shape index (κ2) is 18.3. The number of aromatic nitrogens is 2. The fourth-order valence-electron chi connectivity index (χ4n) is 15.4. The molecule has 3 atom stereocenters. The van der Waals surface area contributed by atoms with Crippen molar-refractivity contribution in [2.75, 3.05) is 4.90 Å². The third-order valence-corrected chi connectivity index (χ3v) is 19.3. The summed E-state index contributed by atoms with van der Waals surface area (Å²) < 4.78 is 11.8. The first-order chi connectivity index (χ1) is 41.9. The summed E-state index contributed by atoms with van der Waals surface area (Å²) in [6, 6.07) is 90.7. The van der Waals surface area contributed by atoms with Crippen LogP contribution in [-0.4, -0.2) is 15.2 Å². The van der Waals surface area contributed by atoms with E-state index < -0.39 is 0 Å². The lowest BCUT2D eigenvalue weighted by atomic mass is 9.80. The summed E-state index contributed by atoms with van der Waals surface area (Å²) in [6.07, 6.45) is 14.5. The van der Waals surface area contributed by atoms with E-state index in [4.69, 9.17) is 4.74 Å². The van der Waals surface area contributed by atoms with Gasteiger partial charge in [-0.2, -0.15) is 0 Å². The minimum atomic E-state index is -0.195. The minimum absolute atomic E-state index is 0.0524. The molecule has 402 valence electrons. The van der Waals surface area contributed by atoms with Crippen LogP contribution in [0.1, 0.15) is 59.9 Å². The van der Waals surface area contributed by atoms with Crippen LogP contribution < -0.4 is 9.64 Å². The van der Waals surface area contributed by atoms with Crippen LogP contribution >= 0.6 is 0 Å². The van der Waals surface area contributed by atoms with Crippen molar-refractivity contribution < 1.29 is 4.74 Å². The molecule has 4 nitrogen and oxygen atoms in total. The molecule has 0 amide bonds. The molecule has 85 heavy (non-hydrogen) atoms. The van der Waals surface area contributed by atoms with Crippen LogP contribution in [0.3, 0.4) is 0 Å². The highest BCUT2D eigenvalue weighted by atomic mass is 16.5. The Morgan fingerprint density at radius 2 is 1.02 bits per heavy atom. The van der Waals surface area contributed by atoms with Crippen molar-refractivity contribution in [3.63, 3.8) is 0 Å². The van der Waals surface area contributed by atoms with Crippen molar-refractivity contribution in [2.24, 2.45) is 0 Å². The number of benzene rings is 11. The van der Waals surface area contributed by atoms with E-state index in [1.165, 1.54) is 139 Å². The van der Waals surface area contributed by atoms with Gasteiger partial charge >= 0.3 is 0 Å². The molecule has 0 fully saturated rings. The maximum Gasteiger partial charge on any atom is 0.128 e. The quantitative estimate of drug-likeness (QED) is 0.159. The Morgan fingerprint density at radius 3 is 1.78 bits per heavy atom. The number of rotatable bonds is 7. The van der Waals surface area contributed by atoms with E-state index in [1.807, 2.05) is 0 Å². The molecule has 5 aliphatic rings. The first kappa shape index (κ1) is 48.1. The van der Waals surface area contributed by atoms with Gasteiger partial charge in [-0.1, -0.05) is 190 Å². The van der Waals surface area contributed by atoms with Crippen molar-refractivity contribution in [1.82, 2.24) is 9.13 Å². The van der Waals surface area contributed by atoms with Crippen LogP contribution in [0.5, 0.6) is 5.75 Å². The zero-order valence-corrected chi connectivity index (χ0v) is 47.2. The number of hydrogen-bond acceptors (Lipinski definition) is 2. The van der Waals surface area contributed by atoms with Gasteiger partial charge in [0.2, 0.25) is 0 Å². The molecular formula is C81H57N3O. The largest absolute Gasteiger partial charge is 0.485 e. The Kier molecular flexibility index (Phi) is 10.4. The Balaban J connectivity index is 0.793. The molecule has 18 rings (SSSR count). The third-order valence-electron chi connectivity index (χ3n) is 19.3. The lowest BCUT2D eigenvalue weighted by Gasteiger charge is -2.26. The van der Waals surface area contributed by atoms with Crippen LogP contribution in [-0.2, 0) is 5.41 Å². The molecule has 0 spiro atoms. The minimum Gasteiger partial charge on any atom is -0.485 e. The molecule has 4 heterocycles. The molecule has 2 aromatic heterocycles. The number of nitrogens with zero attached hydrogens (tertiary/aromatic N) is 3. The number of anilines is 2. The molecule has 3 aliphatic carbocycles. The molecule has 11 aromatic carbocycles. The second-order valence-corrected chi connectivity index (χ2v) is 24.3. The molecule has 3 unspecified atom stereocenters. The number of ether oxygens (including phenoxy) is 1. The van der Waals surface area contributed by atoms with E-state index in [9.17, 15) is 0 Å². The highest BCUT2D eigenvalue weighted by molar-refractivity contribution is 6.19. The molecule has 13 aromatic rings. The van der Waals surface area contributed by atoms with Crippen molar-refractivity contribution in [3.05, 3.63) is 313 Å². The van der Waals surface area contributed by atoms with Gasteiger partial charge in [-0.15, -0.1) is 0 Å². The summed E-state index contributed by atoms with van der Waals surface area (Å²) in [5, 5.41) is 4.91. The standard InChI is InChI=1S/C81H57N3O/c1-81(2)71-37-31-52(44-65(71)63-35-36-64-62-28-16-18-30-78(62)85-80(64)79(63)81)53-32-38-73-66(45-53)67-46-54(33-39-74(67)82(73)58-23-11-5-12-24-58)55-34-40-75-68(47-55)70-49-76-69(61-27-15-17-29-72(61)83(76)59-25-13-6-14-26-59)48-77(70)84(75)60-42-56(50-19-7-3-8-20-50)41-57(43-60)51-21-9-4-10-22-51/h3-45,47-49,62,67,78H,46H2,1-2H3. The summed E-state index contributed by atoms with van der Waals surface area (Å²) in [7, 11) is 0. The van der Waals surface area contributed by atoms with E-state index in [-0.39, 0.29) is 23.4 Å². The van der Waals surface area contributed by atoms with E-state index in [0.717, 1.165) is 23.5 Å². The van der Waals surface area contributed by atoms with E-state index in [0.29, 0.717) is 0 Å². The van der Waals surface area contributed by atoms with Gasteiger partial charge in [0.05, 0.1) is 22.1 Å². The molecule has 2 aliphatic heterocycles. The van der Waals surface area contributed by atoms with Gasteiger partial charge in [0.25, 0.3) is 0 Å². The van der Waals surface area contributed by atoms with Crippen LogP contribution in [0.15, 0.2) is 285 Å². The summed E-state index contributed by atoms with van der Waals surface area (Å²) in [6.45, 7) is 4.74. The maximum absolute atomic E-state index is 6.81. The van der Waals surface area contributed by atoms with Gasteiger partial charge in [0.15, 0.2) is 0 Å². The van der Waals surface area contributed by atoms with Crippen molar-refractivity contribution >= 4 is 60.6 Å². The summed E-state index contributed by atoms with van der Waals surface area (Å²) in [4.78, 5) is 2.50. The smallest absolute Gasteiger partial charge is 0.128 e. The van der Waals surface area contributed by atoms with E-state index >= 15 is 0 Å². The number of hydrogen-bond donors (Lipinski definition) is 0. The van der Waals surface area contributed by atoms with E-state index in [2.05, 4.69) is 307 Å². The van der Waals surface area contributed by atoms with Crippen LogP contribution in [0.25, 0.3) is 105 Å². The summed E-state index contributed by atoms with van der Waals surface area (Å²) >= 11 is 0. The van der Waals surface area contributed by atoms with Gasteiger partial charge in [-0.25, -0.2) is 0 Å². The number of allylic oxidation sites excluding steroid dienone is 6. The molecule has 0 bridgehead atoms. The van der Waals surface area contributed by atoms with Crippen LogP contribution in [0.2, 0.25) is 0 Å². The van der Waals surface area contributed by atoms with Gasteiger partial charge in [-0.3, -0.25) is 0 Å². The highest BCUT2D eigenvalue weighted by Gasteiger charge is 2.44. The van der Waals surface area contributed by atoms with Crippen LogP contribution in [0.4, 0.5) is 11.4 Å². The monoisotopic (exact) mass is 1090 g/mol. The molecule has 4 heteroatoms. The van der Waals surface area contributed by atoms with Crippen molar-refractivity contribution in [3.8, 4) is 61.6 Å². The van der Waals surface area contributed by atoms with Gasteiger partial charge in [-0.05, 0) is 176 Å². The average Bonchev–Trinajstić information content (AvgIpc) is 1.94. The predicted octanol–water partition coefficient (Wildman–Crippen LogP) is 20.8. The average molecular weight is 1090 g/mol. The summed E-state index contributed by atoms with van der Waals surface area (Å²) in [5.41, 5.74) is 28.3. The third kappa shape index (κ3) is 7.22. The molecule has 0 saturated heterocycles. The number of para-hydroxylation sites is 3. The fourth-order valence-corrected chi connectivity index (χ4v) is 15.4. The van der Waals surface area contributed by atoms with E-state index in [1.54, 1.807) is 0 Å². The SMILES string of the molecule is CC1(C)c2ccc(-c3ccc4c(c3)C3CC(c5ccc6c(c5)c5cc7c(cc5n6-c5cc(-c6ccccc6)cc(-c6ccccc6)c5)c5ccccc5n7-c5ccccc5)=CC=C3N4c3ccccc3)cc2-c2ccc3c(c21)OC1C=CC=CC31. The maximum atomic E-state index is 6.81. The molecule has 0 radical (unpaired) electrons. The predicted molar refractivity (Wildman–Crippen MR) is 353 cm³/mol. The Bertz CT molecular complexity index is 5030. The topological polar surface area (TPSA) is 22.3 Å². The first-order valence-electron chi connectivity index (χ1n) is 30.0.